The zero-order valence-corrected chi connectivity index (χ0v) is 22.7. The number of carboxylic acids is 1. The number of fused-ring (bicyclic) bond motifs is 3. The number of anilines is 1. The molecular formula is C31H28N2O6S. The Kier molecular flexibility index (Phi) is 8.21. The lowest BCUT2D eigenvalue weighted by molar-refractivity contribution is -0.137. The number of esters is 1. The van der Waals surface area contributed by atoms with E-state index < -0.39 is 18.0 Å². The van der Waals surface area contributed by atoms with Gasteiger partial charge in [-0.25, -0.2) is 14.6 Å². The number of amides is 1. The number of carboxylic acid groups (broad SMARTS) is 1. The van der Waals surface area contributed by atoms with E-state index in [0.29, 0.717) is 11.3 Å². The molecule has 1 amide bonds. The summed E-state index contributed by atoms with van der Waals surface area (Å²) in [6.07, 6.45) is -0.598. The van der Waals surface area contributed by atoms with E-state index in [1.54, 1.807) is 6.92 Å². The van der Waals surface area contributed by atoms with Gasteiger partial charge in [0, 0.05) is 24.4 Å². The monoisotopic (exact) mass is 556 g/mol. The number of aromatic nitrogens is 1. The van der Waals surface area contributed by atoms with E-state index in [1.165, 1.54) is 4.90 Å². The standard InChI is InChI=1S/C31H28N2O6S/c1-2-38-29(36)28-27(20-11-4-3-5-12-20)32-30(40-28)33(18-10-17-26(34)35)31(37)39-19-25-23-15-8-6-13-21(23)22-14-7-9-16-24(22)25/h3-9,11-16,25H,2,10,17-19H2,1H3,(H,34,35). The Morgan fingerprint density at radius 1 is 0.900 bits per heavy atom. The van der Waals surface area contributed by atoms with E-state index in [9.17, 15) is 19.5 Å². The van der Waals surface area contributed by atoms with Crippen LogP contribution in [-0.2, 0) is 14.3 Å². The number of carbonyl (C=O) groups is 3. The Hall–Kier alpha value is -4.50. The van der Waals surface area contributed by atoms with Crippen molar-refractivity contribution in [2.75, 3.05) is 24.7 Å². The van der Waals surface area contributed by atoms with Crippen molar-refractivity contribution >= 4 is 34.5 Å². The normalized spacial score (nSPS) is 11.9. The third kappa shape index (κ3) is 5.60. The number of carbonyl (C=O) groups excluding carboxylic acids is 2. The van der Waals surface area contributed by atoms with E-state index in [1.807, 2.05) is 66.7 Å². The fourth-order valence-electron chi connectivity index (χ4n) is 4.88. The second-order valence-corrected chi connectivity index (χ2v) is 10.2. The van der Waals surface area contributed by atoms with Crippen LogP contribution < -0.4 is 4.90 Å². The Morgan fingerprint density at radius 3 is 2.15 bits per heavy atom. The number of nitrogens with zero attached hydrogens (tertiary/aromatic N) is 2. The molecule has 4 aromatic rings. The van der Waals surface area contributed by atoms with Crippen molar-refractivity contribution in [1.82, 2.24) is 4.98 Å². The molecule has 8 nitrogen and oxygen atoms in total. The molecule has 0 atom stereocenters. The minimum absolute atomic E-state index is 0.0625. The van der Waals surface area contributed by atoms with Crippen LogP contribution in [0, 0.1) is 0 Å². The maximum absolute atomic E-state index is 13.6. The highest BCUT2D eigenvalue weighted by Gasteiger charge is 2.31. The van der Waals surface area contributed by atoms with Crippen LogP contribution in [-0.4, -0.2) is 47.9 Å². The molecule has 0 radical (unpaired) electrons. The molecule has 3 aromatic carbocycles. The average Bonchev–Trinajstić information content (AvgIpc) is 3.55. The van der Waals surface area contributed by atoms with Gasteiger partial charge in [0.15, 0.2) is 5.13 Å². The second-order valence-electron chi connectivity index (χ2n) is 9.21. The molecule has 1 aliphatic carbocycles. The third-order valence-electron chi connectivity index (χ3n) is 6.68. The molecule has 0 fully saturated rings. The summed E-state index contributed by atoms with van der Waals surface area (Å²) < 4.78 is 11.1. The van der Waals surface area contributed by atoms with Gasteiger partial charge in [-0.2, -0.15) is 0 Å². The van der Waals surface area contributed by atoms with Gasteiger partial charge in [0.1, 0.15) is 11.5 Å². The molecule has 9 heteroatoms. The van der Waals surface area contributed by atoms with E-state index in [4.69, 9.17) is 9.47 Å². The Labute approximate surface area is 235 Å². The number of rotatable bonds is 10. The second kappa shape index (κ2) is 12.1. The molecule has 40 heavy (non-hydrogen) atoms. The van der Waals surface area contributed by atoms with Crippen molar-refractivity contribution in [2.45, 2.75) is 25.7 Å². The van der Waals surface area contributed by atoms with Gasteiger partial charge in [-0.15, -0.1) is 0 Å². The van der Waals surface area contributed by atoms with Crippen molar-refractivity contribution in [3.63, 3.8) is 0 Å². The van der Waals surface area contributed by atoms with Gasteiger partial charge < -0.3 is 14.6 Å². The van der Waals surface area contributed by atoms with E-state index >= 15 is 0 Å². The summed E-state index contributed by atoms with van der Waals surface area (Å²) in [5, 5.41) is 9.43. The van der Waals surface area contributed by atoms with Crippen LogP contribution in [0.4, 0.5) is 9.93 Å². The van der Waals surface area contributed by atoms with Gasteiger partial charge in [0.25, 0.3) is 0 Å². The highest BCUT2D eigenvalue weighted by molar-refractivity contribution is 7.18. The van der Waals surface area contributed by atoms with Crippen LogP contribution in [0.2, 0.25) is 0 Å². The highest BCUT2D eigenvalue weighted by atomic mass is 32.1. The highest BCUT2D eigenvalue weighted by Crippen LogP contribution is 2.44. The number of ether oxygens (including phenoxy) is 2. The lowest BCUT2D eigenvalue weighted by Gasteiger charge is -2.21. The summed E-state index contributed by atoms with van der Waals surface area (Å²) in [5.41, 5.74) is 5.49. The fraction of sp³-hybridized carbons (Fsp3) is 0.226. The Balaban J connectivity index is 1.44. The first-order valence-corrected chi connectivity index (χ1v) is 13.9. The number of aliphatic carboxylic acids is 1. The Bertz CT molecular complexity index is 1490. The van der Waals surface area contributed by atoms with Gasteiger partial charge in [0.05, 0.1) is 12.3 Å². The smallest absolute Gasteiger partial charge is 0.416 e. The average molecular weight is 557 g/mol. The number of thiazole rings is 1. The quantitative estimate of drug-likeness (QED) is 0.219. The summed E-state index contributed by atoms with van der Waals surface area (Å²) in [5.74, 6) is -1.64. The van der Waals surface area contributed by atoms with Gasteiger partial charge >= 0.3 is 18.0 Å². The van der Waals surface area contributed by atoms with Crippen molar-refractivity contribution in [2.24, 2.45) is 0 Å². The lowest BCUT2D eigenvalue weighted by Crippen LogP contribution is -2.33. The minimum atomic E-state index is -0.969. The Morgan fingerprint density at radius 2 is 1.52 bits per heavy atom. The zero-order chi connectivity index (χ0) is 28.1. The third-order valence-corrected chi connectivity index (χ3v) is 7.74. The first-order chi connectivity index (χ1) is 19.5. The molecule has 0 unspecified atom stereocenters. The molecule has 0 spiro atoms. The summed E-state index contributed by atoms with van der Waals surface area (Å²) >= 11 is 1.02. The van der Waals surface area contributed by atoms with Gasteiger partial charge in [0.2, 0.25) is 0 Å². The van der Waals surface area contributed by atoms with Gasteiger partial charge in [-0.3, -0.25) is 9.69 Å². The van der Waals surface area contributed by atoms with Gasteiger partial charge in [-0.05, 0) is 35.6 Å². The van der Waals surface area contributed by atoms with Gasteiger partial charge in [-0.1, -0.05) is 90.2 Å². The number of hydrogen-bond acceptors (Lipinski definition) is 7. The van der Waals surface area contributed by atoms with Crippen molar-refractivity contribution in [1.29, 1.82) is 0 Å². The predicted octanol–water partition coefficient (Wildman–Crippen LogP) is 6.61. The van der Waals surface area contributed by atoms with Crippen molar-refractivity contribution in [3.05, 3.63) is 94.9 Å². The molecule has 0 bridgehead atoms. The van der Waals surface area contributed by atoms with Crippen molar-refractivity contribution < 1.29 is 29.0 Å². The van der Waals surface area contributed by atoms with Crippen LogP contribution in [0.25, 0.3) is 22.4 Å². The van der Waals surface area contributed by atoms with Crippen molar-refractivity contribution in [3.8, 4) is 22.4 Å². The minimum Gasteiger partial charge on any atom is -0.481 e. The van der Waals surface area contributed by atoms with E-state index in [-0.39, 0.29) is 48.5 Å². The lowest BCUT2D eigenvalue weighted by atomic mass is 9.98. The maximum Gasteiger partial charge on any atom is 0.416 e. The van der Waals surface area contributed by atoms with E-state index in [0.717, 1.165) is 33.6 Å². The van der Waals surface area contributed by atoms with Crippen LogP contribution in [0.1, 0.15) is 46.5 Å². The molecule has 1 aromatic heterocycles. The molecule has 1 aliphatic rings. The molecule has 1 heterocycles. The molecule has 5 rings (SSSR count). The van der Waals surface area contributed by atoms with Crippen LogP contribution >= 0.6 is 11.3 Å². The molecule has 1 N–H and O–H groups in total. The summed E-state index contributed by atoms with van der Waals surface area (Å²) in [4.78, 5) is 43.8. The summed E-state index contributed by atoms with van der Waals surface area (Å²) in [6.45, 7) is 2.07. The fourth-order valence-corrected chi connectivity index (χ4v) is 5.87. The topological polar surface area (TPSA) is 106 Å². The number of benzene rings is 3. The summed E-state index contributed by atoms with van der Waals surface area (Å²) in [7, 11) is 0. The van der Waals surface area contributed by atoms with Crippen LogP contribution in [0.15, 0.2) is 78.9 Å². The largest absolute Gasteiger partial charge is 0.481 e. The molecule has 0 aliphatic heterocycles. The maximum atomic E-state index is 13.6. The predicted molar refractivity (Wildman–Crippen MR) is 153 cm³/mol. The summed E-state index contributed by atoms with van der Waals surface area (Å²) in [6, 6.07) is 25.3. The van der Waals surface area contributed by atoms with E-state index in [2.05, 4.69) is 17.1 Å². The SMILES string of the molecule is CCOC(=O)c1sc(N(CCCC(=O)O)C(=O)OCC2c3ccccc3-c3ccccc32)nc1-c1ccccc1. The zero-order valence-electron chi connectivity index (χ0n) is 21.9. The number of hydrogen-bond donors (Lipinski definition) is 1. The first kappa shape index (κ1) is 27.1. The molecular weight excluding hydrogens is 528 g/mol. The molecule has 204 valence electrons. The first-order valence-electron chi connectivity index (χ1n) is 13.1. The van der Waals surface area contributed by atoms with Crippen LogP contribution in [0.3, 0.4) is 0 Å². The van der Waals surface area contributed by atoms with Crippen LogP contribution in [0.5, 0.6) is 0 Å². The molecule has 0 saturated carbocycles. The molecule has 0 saturated heterocycles.